The molecule has 0 radical (unpaired) electrons. The van der Waals surface area contributed by atoms with Crippen molar-refractivity contribution in [3.8, 4) is 0 Å². The van der Waals surface area contributed by atoms with E-state index in [0.29, 0.717) is 0 Å². The van der Waals surface area contributed by atoms with E-state index >= 15 is 0 Å². The second-order valence-corrected chi connectivity index (χ2v) is 5.50. The summed E-state index contributed by atoms with van der Waals surface area (Å²) in [5, 5.41) is 58.4. The van der Waals surface area contributed by atoms with Gasteiger partial charge in [0.15, 0.2) is 12.6 Å². The third kappa shape index (κ3) is 3.21. The average molecular weight is 310 g/mol. The molecule has 10 unspecified atom stereocenters. The van der Waals surface area contributed by atoms with Crippen molar-refractivity contribution in [2.45, 2.75) is 75.3 Å². The predicted octanol–water partition coefficient (Wildman–Crippen LogP) is -3.34. The number of ether oxygens (including phenoxy) is 3. The predicted molar refractivity (Wildman–Crippen MR) is 65.8 cm³/mol. The van der Waals surface area contributed by atoms with Gasteiger partial charge in [0.1, 0.15) is 36.6 Å². The number of aliphatic hydroxyl groups is 6. The van der Waals surface area contributed by atoms with Gasteiger partial charge in [-0.1, -0.05) is 0 Å². The van der Waals surface area contributed by atoms with Gasteiger partial charge >= 0.3 is 0 Å². The maximum Gasteiger partial charge on any atom is 0.187 e. The van der Waals surface area contributed by atoms with Gasteiger partial charge in [-0.05, 0) is 13.8 Å². The van der Waals surface area contributed by atoms with Crippen LogP contribution >= 0.6 is 0 Å². The molecule has 2 fully saturated rings. The number of hydrogen-bond acceptors (Lipinski definition) is 9. The average Bonchev–Trinajstić information content (AvgIpc) is 2.44. The minimum Gasteiger partial charge on any atom is -0.388 e. The molecule has 2 aliphatic rings. The van der Waals surface area contributed by atoms with E-state index in [0.717, 1.165) is 0 Å². The molecule has 2 heterocycles. The van der Waals surface area contributed by atoms with E-state index in [9.17, 15) is 30.6 Å². The van der Waals surface area contributed by atoms with Gasteiger partial charge < -0.3 is 44.8 Å². The summed E-state index contributed by atoms with van der Waals surface area (Å²) in [4.78, 5) is 0. The maximum atomic E-state index is 9.96. The molecule has 2 rings (SSSR count). The monoisotopic (exact) mass is 310 g/mol. The van der Waals surface area contributed by atoms with Crippen LogP contribution in [0.4, 0.5) is 0 Å². The van der Waals surface area contributed by atoms with E-state index in [1.54, 1.807) is 0 Å². The Kier molecular flexibility index (Phi) is 5.19. The smallest absolute Gasteiger partial charge is 0.187 e. The fraction of sp³-hybridized carbons (Fsp3) is 1.00. The van der Waals surface area contributed by atoms with Crippen molar-refractivity contribution in [2.24, 2.45) is 0 Å². The lowest BCUT2D eigenvalue weighted by Crippen LogP contribution is -2.63. The molecular formula is C12H22O9. The number of aliphatic hydroxyl groups excluding tert-OH is 6. The van der Waals surface area contributed by atoms with E-state index in [1.807, 2.05) is 0 Å². The van der Waals surface area contributed by atoms with Crippen LogP contribution in [0.25, 0.3) is 0 Å². The first kappa shape index (κ1) is 17.0. The van der Waals surface area contributed by atoms with Gasteiger partial charge in [-0.2, -0.15) is 0 Å². The molecule has 0 aliphatic carbocycles. The zero-order chi connectivity index (χ0) is 15.9. The van der Waals surface area contributed by atoms with Crippen LogP contribution in [0.15, 0.2) is 0 Å². The molecule has 6 N–H and O–H groups in total. The van der Waals surface area contributed by atoms with Crippen molar-refractivity contribution in [1.82, 2.24) is 0 Å². The molecule has 21 heavy (non-hydrogen) atoms. The van der Waals surface area contributed by atoms with Crippen molar-refractivity contribution in [3.05, 3.63) is 0 Å². The molecule has 0 aromatic rings. The van der Waals surface area contributed by atoms with Gasteiger partial charge in [0.25, 0.3) is 0 Å². The highest BCUT2D eigenvalue weighted by Crippen LogP contribution is 2.28. The zero-order valence-electron chi connectivity index (χ0n) is 11.7. The Bertz CT molecular complexity index is 340. The van der Waals surface area contributed by atoms with Crippen LogP contribution in [0.1, 0.15) is 13.8 Å². The minimum absolute atomic E-state index is 0.804. The summed E-state index contributed by atoms with van der Waals surface area (Å²) in [6, 6.07) is 0. The molecule has 0 aromatic carbocycles. The molecule has 0 spiro atoms. The van der Waals surface area contributed by atoms with Crippen molar-refractivity contribution < 1.29 is 44.8 Å². The third-order valence-electron chi connectivity index (χ3n) is 3.90. The highest BCUT2D eigenvalue weighted by Gasteiger charge is 2.48. The van der Waals surface area contributed by atoms with E-state index in [4.69, 9.17) is 14.2 Å². The quantitative estimate of drug-likeness (QED) is 0.308. The Balaban J connectivity index is 2.08. The Labute approximate surface area is 121 Å². The van der Waals surface area contributed by atoms with Crippen molar-refractivity contribution in [2.75, 3.05) is 0 Å². The van der Waals surface area contributed by atoms with Gasteiger partial charge in [-0.25, -0.2) is 0 Å². The summed E-state index contributed by atoms with van der Waals surface area (Å²) in [6.45, 7) is 2.96. The lowest BCUT2D eigenvalue weighted by Gasteiger charge is -2.44. The summed E-state index contributed by atoms with van der Waals surface area (Å²) >= 11 is 0. The Morgan fingerprint density at radius 1 is 0.667 bits per heavy atom. The van der Waals surface area contributed by atoms with Gasteiger partial charge in [0.05, 0.1) is 12.2 Å². The topological polar surface area (TPSA) is 149 Å². The molecule has 9 nitrogen and oxygen atoms in total. The van der Waals surface area contributed by atoms with E-state index in [1.165, 1.54) is 13.8 Å². The molecule has 124 valence electrons. The molecule has 2 saturated heterocycles. The fourth-order valence-corrected chi connectivity index (χ4v) is 2.45. The molecule has 2 aliphatic heterocycles. The highest BCUT2D eigenvalue weighted by molar-refractivity contribution is 4.92. The van der Waals surface area contributed by atoms with Crippen LogP contribution in [-0.2, 0) is 14.2 Å². The molecule has 0 bridgehead atoms. The van der Waals surface area contributed by atoms with Gasteiger partial charge in [0.2, 0.25) is 0 Å². The van der Waals surface area contributed by atoms with Crippen LogP contribution in [0, 0.1) is 0 Å². The first-order valence-corrected chi connectivity index (χ1v) is 6.78. The highest BCUT2D eigenvalue weighted by atomic mass is 16.7. The number of rotatable bonds is 2. The summed E-state index contributed by atoms with van der Waals surface area (Å²) in [6.07, 6.45) is -13.0. The van der Waals surface area contributed by atoms with Gasteiger partial charge in [-0.3, -0.25) is 0 Å². The standard InChI is InChI=1S/C12H22O9/c1-3-5(13)7(15)8(16)12(20-3)21-10-6(14)4(2)19-11(18)9(10)17/h3-18H,1-2H3. The van der Waals surface area contributed by atoms with Crippen LogP contribution in [-0.4, -0.2) is 92.1 Å². The van der Waals surface area contributed by atoms with Crippen LogP contribution in [0.2, 0.25) is 0 Å². The third-order valence-corrected chi connectivity index (χ3v) is 3.90. The second-order valence-electron chi connectivity index (χ2n) is 5.50. The van der Waals surface area contributed by atoms with E-state index < -0.39 is 61.4 Å². The summed E-state index contributed by atoms with van der Waals surface area (Å²) in [5.41, 5.74) is 0. The largest absolute Gasteiger partial charge is 0.388 e. The van der Waals surface area contributed by atoms with Gasteiger partial charge in [-0.15, -0.1) is 0 Å². The lowest BCUT2D eigenvalue weighted by molar-refractivity contribution is -0.349. The first-order chi connectivity index (χ1) is 9.73. The lowest BCUT2D eigenvalue weighted by atomic mass is 9.97. The van der Waals surface area contributed by atoms with Crippen molar-refractivity contribution in [3.63, 3.8) is 0 Å². The number of hydrogen-bond donors (Lipinski definition) is 6. The molecule has 9 heteroatoms. The Morgan fingerprint density at radius 2 is 1.24 bits per heavy atom. The second kappa shape index (κ2) is 6.41. The normalized spacial score (nSPS) is 55.4. The van der Waals surface area contributed by atoms with Crippen LogP contribution in [0.3, 0.4) is 0 Å². The summed E-state index contributed by atoms with van der Waals surface area (Å²) in [7, 11) is 0. The van der Waals surface area contributed by atoms with E-state index in [2.05, 4.69) is 0 Å². The molecule has 0 aromatic heterocycles. The van der Waals surface area contributed by atoms with Crippen molar-refractivity contribution >= 4 is 0 Å². The van der Waals surface area contributed by atoms with Crippen LogP contribution in [0.5, 0.6) is 0 Å². The van der Waals surface area contributed by atoms with Crippen molar-refractivity contribution in [1.29, 1.82) is 0 Å². The van der Waals surface area contributed by atoms with Gasteiger partial charge in [0, 0.05) is 0 Å². The molecule has 0 saturated carbocycles. The molecule has 0 amide bonds. The maximum absolute atomic E-state index is 9.96. The Hall–Kier alpha value is -0.360. The molecule has 10 atom stereocenters. The summed E-state index contributed by atoms with van der Waals surface area (Å²) in [5.74, 6) is 0. The fourth-order valence-electron chi connectivity index (χ4n) is 2.45. The Morgan fingerprint density at radius 3 is 1.86 bits per heavy atom. The SMILES string of the molecule is CC1OC(OC2C(O)C(C)OC(O)C2O)C(O)C(O)C1O. The zero-order valence-corrected chi connectivity index (χ0v) is 11.7. The minimum atomic E-state index is -1.56. The first-order valence-electron chi connectivity index (χ1n) is 6.78. The summed E-state index contributed by atoms with van der Waals surface area (Å²) < 4.78 is 15.4. The van der Waals surface area contributed by atoms with Crippen LogP contribution < -0.4 is 0 Å². The molecular weight excluding hydrogens is 288 g/mol. The van der Waals surface area contributed by atoms with E-state index in [-0.39, 0.29) is 0 Å².